The third-order valence-electron chi connectivity index (χ3n) is 5.22. The molecule has 1 aliphatic heterocycles. The molecular formula is C23H25NO4. The van der Waals surface area contributed by atoms with E-state index in [1.165, 1.54) is 12.0 Å². The number of para-hydroxylation sites is 1. The van der Waals surface area contributed by atoms with Gasteiger partial charge in [0.1, 0.15) is 0 Å². The summed E-state index contributed by atoms with van der Waals surface area (Å²) in [6.07, 6.45) is 0. The molecule has 0 N–H and O–H groups in total. The Morgan fingerprint density at radius 1 is 0.929 bits per heavy atom. The van der Waals surface area contributed by atoms with Crippen molar-refractivity contribution in [2.45, 2.75) is 46.5 Å². The molecular weight excluding hydrogens is 354 g/mol. The van der Waals surface area contributed by atoms with Crippen molar-refractivity contribution in [3.05, 3.63) is 63.7 Å². The quantitative estimate of drug-likeness (QED) is 0.564. The van der Waals surface area contributed by atoms with Gasteiger partial charge >= 0.3 is 5.97 Å². The lowest BCUT2D eigenvalue weighted by Crippen LogP contribution is -2.32. The number of amides is 2. The maximum atomic E-state index is 13.4. The van der Waals surface area contributed by atoms with Crippen LogP contribution in [0.1, 0.15) is 87.3 Å². The van der Waals surface area contributed by atoms with Crippen molar-refractivity contribution in [2.24, 2.45) is 0 Å². The Balaban J connectivity index is 2.29. The smallest absolute Gasteiger partial charge is 0.338 e. The fourth-order valence-electron chi connectivity index (χ4n) is 3.77. The van der Waals surface area contributed by atoms with Gasteiger partial charge in [0.2, 0.25) is 0 Å². The molecule has 0 saturated carbocycles. The van der Waals surface area contributed by atoms with Crippen molar-refractivity contribution in [1.29, 1.82) is 0 Å². The molecule has 1 heterocycles. The van der Waals surface area contributed by atoms with Gasteiger partial charge in [-0.05, 0) is 41.5 Å². The number of nitrogens with zero attached hydrogens (tertiary/aromatic N) is 1. The minimum absolute atomic E-state index is 0.125. The molecule has 5 nitrogen and oxygen atoms in total. The number of hydrogen-bond donors (Lipinski definition) is 0. The normalized spacial score (nSPS) is 13.5. The molecule has 146 valence electrons. The van der Waals surface area contributed by atoms with Gasteiger partial charge in [0.25, 0.3) is 11.8 Å². The van der Waals surface area contributed by atoms with Crippen LogP contribution < -0.4 is 4.90 Å². The second-order valence-corrected chi connectivity index (χ2v) is 7.71. The summed E-state index contributed by atoms with van der Waals surface area (Å²) >= 11 is 0. The van der Waals surface area contributed by atoms with Crippen molar-refractivity contribution in [3.8, 4) is 0 Å². The van der Waals surface area contributed by atoms with Crippen LogP contribution in [0.2, 0.25) is 0 Å². The number of carbonyl (C=O) groups is 3. The summed E-state index contributed by atoms with van der Waals surface area (Å²) in [5.41, 5.74) is 3.62. The largest absolute Gasteiger partial charge is 0.465 e. The minimum atomic E-state index is -0.612. The predicted octanol–water partition coefficient (Wildman–Crippen LogP) is 4.83. The van der Waals surface area contributed by atoms with Crippen LogP contribution in [-0.2, 0) is 4.74 Å². The molecule has 1 aliphatic rings. The van der Waals surface area contributed by atoms with E-state index in [1.807, 2.05) is 45.9 Å². The van der Waals surface area contributed by atoms with Gasteiger partial charge in [-0.2, -0.15) is 0 Å². The highest BCUT2D eigenvalue weighted by molar-refractivity contribution is 6.36. The van der Waals surface area contributed by atoms with Crippen molar-refractivity contribution < 1.29 is 19.1 Å². The second kappa shape index (κ2) is 7.23. The highest BCUT2D eigenvalue weighted by Crippen LogP contribution is 2.40. The molecule has 0 saturated heterocycles. The average Bonchev–Trinajstić information content (AvgIpc) is 2.90. The molecule has 3 rings (SSSR count). The van der Waals surface area contributed by atoms with Gasteiger partial charge in [-0.25, -0.2) is 9.69 Å². The van der Waals surface area contributed by atoms with Crippen LogP contribution >= 0.6 is 0 Å². The van der Waals surface area contributed by atoms with Gasteiger partial charge in [-0.15, -0.1) is 0 Å². The first-order valence-corrected chi connectivity index (χ1v) is 9.44. The van der Waals surface area contributed by atoms with Crippen LogP contribution in [0.4, 0.5) is 5.69 Å². The fourth-order valence-corrected chi connectivity index (χ4v) is 3.77. The highest BCUT2D eigenvalue weighted by Gasteiger charge is 2.42. The zero-order valence-corrected chi connectivity index (χ0v) is 17.1. The summed E-state index contributed by atoms with van der Waals surface area (Å²) in [5.74, 6) is -1.24. The number of hydrogen-bond acceptors (Lipinski definition) is 4. The molecule has 0 aliphatic carbocycles. The molecule has 0 unspecified atom stereocenters. The number of fused-ring (bicyclic) bond motifs is 1. The number of carbonyl (C=O) groups excluding carboxylic acids is 3. The lowest BCUT2D eigenvalue weighted by Gasteiger charge is -2.25. The number of anilines is 1. The van der Waals surface area contributed by atoms with Crippen LogP contribution in [0.5, 0.6) is 0 Å². The minimum Gasteiger partial charge on any atom is -0.465 e. The number of imide groups is 1. The van der Waals surface area contributed by atoms with E-state index in [1.54, 1.807) is 19.1 Å². The Morgan fingerprint density at radius 3 is 2.00 bits per heavy atom. The van der Waals surface area contributed by atoms with Crippen LogP contribution in [0, 0.1) is 6.92 Å². The van der Waals surface area contributed by atoms with Crippen LogP contribution in [0.3, 0.4) is 0 Å². The Bertz CT molecular complexity index is 962. The fraction of sp³-hybridized carbons (Fsp3) is 0.348. The summed E-state index contributed by atoms with van der Waals surface area (Å²) in [5, 5.41) is 0. The van der Waals surface area contributed by atoms with Crippen LogP contribution in [0.25, 0.3) is 0 Å². The third-order valence-corrected chi connectivity index (χ3v) is 5.22. The van der Waals surface area contributed by atoms with E-state index in [0.29, 0.717) is 11.3 Å². The molecule has 2 aromatic carbocycles. The predicted molar refractivity (Wildman–Crippen MR) is 108 cm³/mol. The summed E-state index contributed by atoms with van der Waals surface area (Å²) in [6, 6.07) is 9.14. The van der Waals surface area contributed by atoms with Gasteiger partial charge in [-0.3, -0.25) is 9.59 Å². The Kier molecular flexibility index (Phi) is 5.11. The number of ether oxygens (including phenoxy) is 1. The molecule has 0 atom stereocenters. The SMILES string of the molecule is COC(=O)c1c(C)ccc2c1C(=O)N(c1c(C(C)C)cccc1C(C)C)C2=O. The number of esters is 1. The van der Waals surface area contributed by atoms with Crippen LogP contribution in [0.15, 0.2) is 30.3 Å². The van der Waals surface area contributed by atoms with Crippen molar-refractivity contribution in [3.63, 3.8) is 0 Å². The first-order valence-electron chi connectivity index (χ1n) is 9.44. The summed E-state index contributed by atoms with van der Waals surface area (Å²) in [7, 11) is 1.27. The lowest BCUT2D eigenvalue weighted by molar-refractivity contribution is 0.0596. The third kappa shape index (κ3) is 2.91. The highest BCUT2D eigenvalue weighted by atomic mass is 16.5. The molecule has 0 fully saturated rings. The van der Waals surface area contributed by atoms with Gasteiger partial charge in [0.05, 0.1) is 29.5 Å². The van der Waals surface area contributed by atoms with Gasteiger partial charge in [0.15, 0.2) is 0 Å². The standard InChI is InChI=1S/C23H25NO4/c1-12(2)15-8-7-9-16(13(3)4)20(15)24-21(25)17-11-10-14(5)18(23(27)28-6)19(17)22(24)26/h7-13H,1-6H3. The Morgan fingerprint density at radius 2 is 1.50 bits per heavy atom. The van der Waals surface area contributed by atoms with E-state index < -0.39 is 17.8 Å². The van der Waals surface area contributed by atoms with E-state index in [9.17, 15) is 14.4 Å². The van der Waals surface area contributed by atoms with Crippen LogP contribution in [-0.4, -0.2) is 24.9 Å². The summed E-state index contributed by atoms with van der Waals surface area (Å²) < 4.78 is 4.87. The van der Waals surface area contributed by atoms with E-state index in [4.69, 9.17) is 4.74 Å². The average molecular weight is 379 g/mol. The molecule has 2 aromatic rings. The molecule has 28 heavy (non-hydrogen) atoms. The zero-order valence-electron chi connectivity index (χ0n) is 17.1. The molecule has 0 bridgehead atoms. The topological polar surface area (TPSA) is 63.7 Å². The summed E-state index contributed by atoms with van der Waals surface area (Å²) in [6.45, 7) is 9.86. The summed E-state index contributed by atoms with van der Waals surface area (Å²) in [4.78, 5) is 40.3. The van der Waals surface area contributed by atoms with Gasteiger partial charge in [0, 0.05) is 0 Å². The van der Waals surface area contributed by atoms with Gasteiger partial charge in [-0.1, -0.05) is 52.0 Å². The van der Waals surface area contributed by atoms with E-state index in [-0.39, 0.29) is 28.5 Å². The second-order valence-electron chi connectivity index (χ2n) is 7.71. The molecule has 0 spiro atoms. The maximum Gasteiger partial charge on any atom is 0.338 e. The first kappa shape index (κ1) is 19.8. The Labute approximate surface area is 165 Å². The number of benzene rings is 2. The van der Waals surface area contributed by atoms with E-state index in [2.05, 4.69) is 0 Å². The molecule has 0 aromatic heterocycles. The maximum absolute atomic E-state index is 13.4. The number of aryl methyl sites for hydroxylation is 1. The lowest BCUT2D eigenvalue weighted by atomic mass is 9.92. The number of rotatable bonds is 4. The molecule has 0 radical (unpaired) electrons. The van der Waals surface area contributed by atoms with E-state index >= 15 is 0 Å². The van der Waals surface area contributed by atoms with Gasteiger partial charge < -0.3 is 4.74 Å². The molecule has 2 amide bonds. The zero-order chi connectivity index (χ0) is 20.7. The first-order chi connectivity index (χ1) is 13.2. The van der Waals surface area contributed by atoms with Crippen molar-refractivity contribution in [1.82, 2.24) is 0 Å². The molecule has 5 heteroatoms. The Hall–Kier alpha value is -2.95. The van der Waals surface area contributed by atoms with E-state index in [0.717, 1.165) is 11.1 Å². The number of methoxy groups -OCH3 is 1. The van der Waals surface area contributed by atoms with Crippen molar-refractivity contribution in [2.75, 3.05) is 12.0 Å². The monoisotopic (exact) mass is 379 g/mol. The van der Waals surface area contributed by atoms with Crippen molar-refractivity contribution >= 4 is 23.5 Å².